The van der Waals surface area contributed by atoms with Gasteiger partial charge in [0.05, 0.1) is 7.11 Å². The number of hydrogen-bond donors (Lipinski definition) is 1. The van der Waals surface area contributed by atoms with Crippen molar-refractivity contribution in [2.75, 3.05) is 13.7 Å². The van der Waals surface area contributed by atoms with E-state index < -0.39 is 0 Å². The van der Waals surface area contributed by atoms with Crippen LogP contribution >= 0.6 is 0 Å². The van der Waals surface area contributed by atoms with Crippen molar-refractivity contribution in [3.05, 3.63) is 29.8 Å². The second kappa shape index (κ2) is 6.95. The van der Waals surface area contributed by atoms with Gasteiger partial charge in [0.25, 0.3) is 0 Å². The minimum Gasteiger partial charge on any atom is -0.497 e. The Morgan fingerprint density at radius 3 is 2.32 bits per heavy atom. The smallest absolute Gasteiger partial charge is 0.118 e. The fourth-order valence-corrected chi connectivity index (χ4v) is 3.26. The van der Waals surface area contributed by atoms with Crippen molar-refractivity contribution in [2.24, 2.45) is 11.8 Å². The summed E-state index contributed by atoms with van der Waals surface area (Å²) >= 11 is 0. The monoisotopic (exact) mass is 261 g/mol. The number of hydrogen-bond acceptors (Lipinski definition) is 2. The van der Waals surface area contributed by atoms with Gasteiger partial charge in [-0.3, -0.25) is 0 Å². The Balaban J connectivity index is 1.78. The van der Waals surface area contributed by atoms with Crippen LogP contribution in [0, 0.1) is 11.8 Å². The Hall–Kier alpha value is -1.02. The van der Waals surface area contributed by atoms with Gasteiger partial charge < -0.3 is 10.1 Å². The van der Waals surface area contributed by atoms with Crippen LogP contribution in [0.2, 0.25) is 0 Å². The zero-order valence-electron chi connectivity index (χ0n) is 12.5. The Kier molecular flexibility index (Phi) is 5.26. The number of benzene rings is 1. The highest BCUT2D eigenvalue weighted by molar-refractivity contribution is 5.27. The molecule has 2 unspecified atom stereocenters. The summed E-state index contributed by atoms with van der Waals surface area (Å²) in [7, 11) is 1.71. The molecule has 1 N–H and O–H groups in total. The molecular formula is C17H27NO. The minimum absolute atomic E-state index is 0.701. The van der Waals surface area contributed by atoms with Crippen LogP contribution in [-0.4, -0.2) is 19.7 Å². The molecule has 1 aromatic rings. The van der Waals surface area contributed by atoms with Gasteiger partial charge in [-0.05, 0) is 55.3 Å². The Labute approximate surface area is 117 Å². The summed E-state index contributed by atoms with van der Waals surface area (Å²) in [5.41, 5.74) is 1.38. The molecule has 1 aliphatic carbocycles. The van der Waals surface area contributed by atoms with Gasteiger partial charge in [0.1, 0.15) is 5.75 Å². The quantitative estimate of drug-likeness (QED) is 0.873. The van der Waals surface area contributed by atoms with E-state index in [0.717, 1.165) is 30.6 Å². The standard InChI is InChI=1S/C17H27NO/c1-13-5-4-6-14(2)17(13)18-12-11-15-7-9-16(19-3)10-8-15/h7-10,13-14,17-18H,4-6,11-12H2,1-3H3. The lowest BCUT2D eigenvalue weighted by Crippen LogP contribution is -2.43. The van der Waals surface area contributed by atoms with Crippen LogP contribution in [0.15, 0.2) is 24.3 Å². The molecule has 2 rings (SSSR count). The lowest BCUT2D eigenvalue weighted by molar-refractivity contribution is 0.210. The van der Waals surface area contributed by atoms with Crippen LogP contribution in [-0.2, 0) is 6.42 Å². The Morgan fingerprint density at radius 1 is 1.11 bits per heavy atom. The molecular weight excluding hydrogens is 234 g/mol. The molecule has 0 saturated heterocycles. The van der Waals surface area contributed by atoms with Gasteiger partial charge in [0.15, 0.2) is 0 Å². The molecule has 0 heterocycles. The molecule has 2 nitrogen and oxygen atoms in total. The molecule has 1 fully saturated rings. The van der Waals surface area contributed by atoms with Gasteiger partial charge in [-0.1, -0.05) is 32.4 Å². The average Bonchev–Trinajstić information content (AvgIpc) is 2.43. The van der Waals surface area contributed by atoms with Gasteiger partial charge in [0.2, 0.25) is 0 Å². The van der Waals surface area contributed by atoms with Gasteiger partial charge in [0, 0.05) is 6.04 Å². The number of methoxy groups -OCH3 is 1. The van der Waals surface area contributed by atoms with E-state index in [1.165, 1.54) is 24.8 Å². The lowest BCUT2D eigenvalue weighted by atomic mass is 9.78. The van der Waals surface area contributed by atoms with Crippen LogP contribution in [0.25, 0.3) is 0 Å². The first kappa shape index (κ1) is 14.4. The van der Waals surface area contributed by atoms with Crippen LogP contribution in [0.4, 0.5) is 0 Å². The van der Waals surface area contributed by atoms with Gasteiger partial charge in [-0.2, -0.15) is 0 Å². The van der Waals surface area contributed by atoms with E-state index in [2.05, 4.69) is 31.3 Å². The van der Waals surface area contributed by atoms with E-state index in [-0.39, 0.29) is 0 Å². The van der Waals surface area contributed by atoms with Gasteiger partial charge >= 0.3 is 0 Å². The number of rotatable bonds is 5. The zero-order chi connectivity index (χ0) is 13.7. The average molecular weight is 261 g/mol. The lowest BCUT2D eigenvalue weighted by Gasteiger charge is -2.35. The maximum Gasteiger partial charge on any atom is 0.118 e. The van der Waals surface area contributed by atoms with E-state index in [1.807, 2.05) is 12.1 Å². The van der Waals surface area contributed by atoms with Crippen molar-refractivity contribution in [2.45, 2.75) is 45.6 Å². The van der Waals surface area contributed by atoms with Crippen molar-refractivity contribution in [3.8, 4) is 5.75 Å². The first-order valence-electron chi connectivity index (χ1n) is 7.57. The van der Waals surface area contributed by atoms with Crippen molar-refractivity contribution < 1.29 is 4.74 Å². The summed E-state index contributed by atoms with van der Waals surface area (Å²) in [6.07, 6.45) is 5.26. The topological polar surface area (TPSA) is 21.3 Å². The van der Waals surface area contributed by atoms with Crippen LogP contribution in [0.1, 0.15) is 38.7 Å². The summed E-state index contributed by atoms with van der Waals surface area (Å²) in [6, 6.07) is 9.11. The molecule has 1 aromatic carbocycles. The van der Waals surface area contributed by atoms with Crippen molar-refractivity contribution >= 4 is 0 Å². The molecule has 0 bridgehead atoms. The molecule has 106 valence electrons. The summed E-state index contributed by atoms with van der Waals surface area (Å²) in [6.45, 7) is 5.85. The van der Waals surface area contributed by atoms with E-state index in [1.54, 1.807) is 7.11 Å². The Morgan fingerprint density at radius 2 is 1.74 bits per heavy atom. The molecule has 0 amide bonds. The van der Waals surface area contributed by atoms with Crippen molar-refractivity contribution in [1.82, 2.24) is 5.32 Å². The maximum atomic E-state index is 5.18. The van der Waals surface area contributed by atoms with E-state index in [9.17, 15) is 0 Å². The highest BCUT2D eigenvalue weighted by Gasteiger charge is 2.26. The molecule has 0 aliphatic heterocycles. The molecule has 2 atom stereocenters. The van der Waals surface area contributed by atoms with Crippen molar-refractivity contribution in [1.29, 1.82) is 0 Å². The number of nitrogens with one attached hydrogen (secondary N) is 1. The molecule has 0 aromatic heterocycles. The SMILES string of the molecule is COc1ccc(CCNC2C(C)CCCC2C)cc1. The predicted octanol–water partition coefficient (Wildman–Crippen LogP) is 3.65. The summed E-state index contributed by atoms with van der Waals surface area (Å²) in [5, 5.41) is 3.77. The molecule has 19 heavy (non-hydrogen) atoms. The fraction of sp³-hybridized carbons (Fsp3) is 0.647. The highest BCUT2D eigenvalue weighted by atomic mass is 16.5. The molecule has 0 spiro atoms. The normalized spacial score (nSPS) is 27.2. The van der Waals surface area contributed by atoms with E-state index >= 15 is 0 Å². The summed E-state index contributed by atoms with van der Waals surface area (Å²) in [4.78, 5) is 0. The third-order valence-electron chi connectivity index (χ3n) is 4.50. The second-order valence-electron chi connectivity index (χ2n) is 5.96. The first-order chi connectivity index (χ1) is 9.20. The Bertz CT molecular complexity index is 363. The third kappa shape index (κ3) is 3.97. The maximum absolute atomic E-state index is 5.18. The van der Waals surface area contributed by atoms with E-state index in [4.69, 9.17) is 4.74 Å². The minimum atomic E-state index is 0.701. The summed E-state index contributed by atoms with van der Waals surface area (Å²) in [5.74, 6) is 2.57. The fourth-order valence-electron chi connectivity index (χ4n) is 3.26. The van der Waals surface area contributed by atoms with Crippen LogP contribution < -0.4 is 10.1 Å². The molecule has 0 radical (unpaired) electrons. The molecule has 1 aliphatic rings. The van der Waals surface area contributed by atoms with E-state index in [0.29, 0.717) is 6.04 Å². The van der Waals surface area contributed by atoms with Crippen LogP contribution in [0.3, 0.4) is 0 Å². The third-order valence-corrected chi connectivity index (χ3v) is 4.50. The summed E-state index contributed by atoms with van der Waals surface area (Å²) < 4.78 is 5.18. The second-order valence-corrected chi connectivity index (χ2v) is 5.96. The van der Waals surface area contributed by atoms with Crippen molar-refractivity contribution in [3.63, 3.8) is 0 Å². The van der Waals surface area contributed by atoms with Gasteiger partial charge in [-0.15, -0.1) is 0 Å². The highest BCUT2D eigenvalue weighted by Crippen LogP contribution is 2.28. The first-order valence-corrected chi connectivity index (χ1v) is 7.57. The van der Waals surface area contributed by atoms with Crippen LogP contribution in [0.5, 0.6) is 5.75 Å². The number of ether oxygens (including phenoxy) is 1. The molecule has 1 saturated carbocycles. The largest absolute Gasteiger partial charge is 0.497 e. The predicted molar refractivity (Wildman–Crippen MR) is 80.7 cm³/mol. The molecule has 2 heteroatoms. The van der Waals surface area contributed by atoms with Gasteiger partial charge in [-0.25, -0.2) is 0 Å². The zero-order valence-corrected chi connectivity index (χ0v) is 12.5.